The summed E-state index contributed by atoms with van der Waals surface area (Å²) in [6.45, 7) is 9.14. The van der Waals surface area contributed by atoms with E-state index in [0.29, 0.717) is 12.0 Å². The molecule has 1 atom stereocenters. The van der Waals surface area contributed by atoms with E-state index in [2.05, 4.69) is 24.1 Å². The highest BCUT2D eigenvalue weighted by atomic mass is 16.5. The van der Waals surface area contributed by atoms with Crippen molar-refractivity contribution in [3.05, 3.63) is 0 Å². The molecule has 0 aromatic rings. The molecule has 1 aliphatic heterocycles. The van der Waals surface area contributed by atoms with Gasteiger partial charge in [-0.25, -0.2) is 0 Å². The van der Waals surface area contributed by atoms with Crippen LogP contribution in [0.15, 0.2) is 0 Å². The molecule has 0 radical (unpaired) electrons. The summed E-state index contributed by atoms with van der Waals surface area (Å²) >= 11 is 0. The van der Waals surface area contributed by atoms with Gasteiger partial charge in [-0.1, -0.05) is 13.8 Å². The molecule has 0 aromatic carbocycles. The number of piperidine rings is 1. The highest BCUT2D eigenvalue weighted by Gasteiger charge is 2.26. The predicted octanol–water partition coefficient (Wildman–Crippen LogP) is 1.98. The summed E-state index contributed by atoms with van der Waals surface area (Å²) in [5.74, 6) is 1.61. The lowest BCUT2D eigenvalue weighted by atomic mass is 9.91. The van der Waals surface area contributed by atoms with Gasteiger partial charge in [0.1, 0.15) is 0 Å². The van der Waals surface area contributed by atoms with Gasteiger partial charge in [0, 0.05) is 13.2 Å². The second-order valence-electron chi connectivity index (χ2n) is 5.64. The zero-order valence-corrected chi connectivity index (χ0v) is 12.0. The van der Waals surface area contributed by atoms with Gasteiger partial charge >= 0.3 is 0 Å². The van der Waals surface area contributed by atoms with Crippen LogP contribution in [0.25, 0.3) is 0 Å². The fourth-order valence-electron chi connectivity index (χ4n) is 2.81. The third-order valence-corrected chi connectivity index (χ3v) is 4.03. The SMILES string of the molecule is CNCCC1CCN(C(COC)C(C)C)CC1. The first-order valence-corrected chi connectivity index (χ1v) is 7.06. The van der Waals surface area contributed by atoms with Crippen LogP contribution in [-0.2, 0) is 4.74 Å². The summed E-state index contributed by atoms with van der Waals surface area (Å²) in [6.07, 6.45) is 4.05. The standard InChI is InChI=1S/C14H30N2O/c1-12(2)14(11-17-4)16-9-6-13(7-10-16)5-8-15-3/h12-15H,5-11H2,1-4H3. The summed E-state index contributed by atoms with van der Waals surface area (Å²) in [4.78, 5) is 2.63. The van der Waals surface area contributed by atoms with Crippen molar-refractivity contribution in [3.8, 4) is 0 Å². The maximum atomic E-state index is 5.36. The van der Waals surface area contributed by atoms with Gasteiger partial charge in [-0.2, -0.15) is 0 Å². The van der Waals surface area contributed by atoms with Crippen molar-refractivity contribution in [2.45, 2.75) is 39.2 Å². The number of methoxy groups -OCH3 is 1. The second kappa shape index (κ2) is 8.06. The number of hydrogen-bond acceptors (Lipinski definition) is 3. The fraction of sp³-hybridized carbons (Fsp3) is 1.00. The minimum Gasteiger partial charge on any atom is -0.383 e. The predicted molar refractivity (Wildman–Crippen MR) is 73.3 cm³/mol. The first-order chi connectivity index (χ1) is 8.19. The van der Waals surface area contributed by atoms with Crippen molar-refractivity contribution in [1.29, 1.82) is 0 Å². The van der Waals surface area contributed by atoms with E-state index >= 15 is 0 Å². The Morgan fingerprint density at radius 2 is 1.94 bits per heavy atom. The maximum absolute atomic E-state index is 5.36. The number of nitrogens with zero attached hydrogens (tertiary/aromatic N) is 1. The molecule has 1 rings (SSSR count). The maximum Gasteiger partial charge on any atom is 0.0620 e. The Morgan fingerprint density at radius 1 is 1.29 bits per heavy atom. The molecule has 0 amide bonds. The zero-order chi connectivity index (χ0) is 12.7. The normalized spacial score (nSPS) is 21.0. The van der Waals surface area contributed by atoms with E-state index in [4.69, 9.17) is 4.74 Å². The van der Waals surface area contributed by atoms with E-state index in [1.807, 2.05) is 14.2 Å². The van der Waals surface area contributed by atoms with Crippen LogP contribution in [0.2, 0.25) is 0 Å². The fourth-order valence-corrected chi connectivity index (χ4v) is 2.81. The molecule has 17 heavy (non-hydrogen) atoms. The van der Waals surface area contributed by atoms with Crippen molar-refractivity contribution in [2.24, 2.45) is 11.8 Å². The van der Waals surface area contributed by atoms with Crippen molar-refractivity contribution < 1.29 is 4.74 Å². The molecule has 0 spiro atoms. The summed E-state index contributed by atoms with van der Waals surface area (Å²) in [6, 6.07) is 0.602. The molecule has 1 N–H and O–H groups in total. The number of hydrogen-bond donors (Lipinski definition) is 1. The van der Waals surface area contributed by atoms with Gasteiger partial charge in [0.15, 0.2) is 0 Å². The Kier molecular flexibility index (Phi) is 7.09. The molecule has 3 heteroatoms. The Labute approximate surface area is 107 Å². The Bertz CT molecular complexity index is 189. The van der Waals surface area contributed by atoms with Gasteiger partial charge in [0.25, 0.3) is 0 Å². The van der Waals surface area contributed by atoms with Crippen molar-refractivity contribution in [3.63, 3.8) is 0 Å². The smallest absolute Gasteiger partial charge is 0.0620 e. The number of nitrogens with one attached hydrogen (secondary N) is 1. The molecule has 1 heterocycles. The molecular weight excluding hydrogens is 212 g/mol. The minimum atomic E-state index is 0.602. The Morgan fingerprint density at radius 3 is 2.41 bits per heavy atom. The first-order valence-electron chi connectivity index (χ1n) is 7.06. The highest BCUT2D eigenvalue weighted by Crippen LogP contribution is 2.23. The summed E-state index contributed by atoms with van der Waals surface area (Å²) in [5, 5.41) is 3.25. The van der Waals surface area contributed by atoms with Crippen molar-refractivity contribution in [2.75, 3.05) is 40.4 Å². The van der Waals surface area contributed by atoms with Gasteiger partial charge in [0.2, 0.25) is 0 Å². The molecule has 1 aliphatic rings. The highest BCUT2D eigenvalue weighted by molar-refractivity contribution is 4.80. The summed E-state index contributed by atoms with van der Waals surface area (Å²) < 4.78 is 5.36. The van der Waals surface area contributed by atoms with E-state index < -0.39 is 0 Å². The van der Waals surface area contributed by atoms with E-state index in [-0.39, 0.29) is 0 Å². The van der Waals surface area contributed by atoms with E-state index in [1.54, 1.807) is 0 Å². The third-order valence-electron chi connectivity index (χ3n) is 4.03. The molecule has 0 saturated carbocycles. The Hall–Kier alpha value is -0.120. The Balaban J connectivity index is 2.33. The van der Waals surface area contributed by atoms with Gasteiger partial charge in [-0.3, -0.25) is 4.90 Å². The first kappa shape index (κ1) is 14.9. The van der Waals surface area contributed by atoms with Gasteiger partial charge in [-0.15, -0.1) is 0 Å². The average Bonchev–Trinajstić information content (AvgIpc) is 2.34. The van der Waals surface area contributed by atoms with Crippen LogP contribution in [0.5, 0.6) is 0 Å². The molecule has 0 aromatic heterocycles. The molecule has 102 valence electrons. The monoisotopic (exact) mass is 242 g/mol. The quantitative estimate of drug-likeness (QED) is 0.739. The van der Waals surface area contributed by atoms with E-state index in [1.165, 1.54) is 32.4 Å². The van der Waals surface area contributed by atoms with Crippen molar-refractivity contribution >= 4 is 0 Å². The lowest BCUT2D eigenvalue weighted by Crippen LogP contribution is -2.46. The van der Waals surface area contributed by atoms with E-state index in [0.717, 1.165) is 19.1 Å². The summed E-state index contributed by atoms with van der Waals surface area (Å²) in [7, 11) is 3.86. The number of likely N-dealkylation sites (tertiary alicyclic amines) is 1. The molecular formula is C14H30N2O. The third kappa shape index (κ3) is 4.94. The lowest BCUT2D eigenvalue weighted by Gasteiger charge is -2.39. The molecule has 3 nitrogen and oxygen atoms in total. The zero-order valence-electron chi connectivity index (χ0n) is 12.0. The van der Waals surface area contributed by atoms with Gasteiger partial charge in [0.05, 0.1) is 6.61 Å². The van der Waals surface area contributed by atoms with E-state index in [9.17, 15) is 0 Å². The molecule has 1 fully saturated rings. The van der Waals surface area contributed by atoms with Crippen LogP contribution in [0.4, 0.5) is 0 Å². The summed E-state index contributed by atoms with van der Waals surface area (Å²) in [5.41, 5.74) is 0. The number of rotatable bonds is 7. The second-order valence-corrected chi connectivity index (χ2v) is 5.64. The van der Waals surface area contributed by atoms with Crippen LogP contribution in [-0.4, -0.2) is 51.3 Å². The molecule has 0 bridgehead atoms. The van der Waals surface area contributed by atoms with Gasteiger partial charge < -0.3 is 10.1 Å². The van der Waals surface area contributed by atoms with Crippen LogP contribution in [0, 0.1) is 11.8 Å². The topological polar surface area (TPSA) is 24.5 Å². The number of ether oxygens (including phenoxy) is 1. The lowest BCUT2D eigenvalue weighted by molar-refractivity contribution is 0.0409. The van der Waals surface area contributed by atoms with Crippen LogP contribution >= 0.6 is 0 Å². The van der Waals surface area contributed by atoms with Crippen molar-refractivity contribution in [1.82, 2.24) is 10.2 Å². The van der Waals surface area contributed by atoms with Crippen LogP contribution in [0.3, 0.4) is 0 Å². The largest absolute Gasteiger partial charge is 0.383 e. The van der Waals surface area contributed by atoms with Gasteiger partial charge in [-0.05, 0) is 57.8 Å². The average molecular weight is 242 g/mol. The van der Waals surface area contributed by atoms with Crippen LogP contribution < -0.4 is 5.32 Å². The molecule has 1 saturated heterocycles. The molecule has 0 aliphatic carbocycles. The minimum absolute atomic E-state index is 0.602. The van der Waals surface area contributed by atoms with Crippen LogP contribution in [0.1, 0.15) is 33.1 Å². The molecule has 1 unspecified atom stereocenters.